The molecule has 4 heteroatoms. The van der Waals surface area contributed by atoms with Crippen molar-refractivity contribution < 1.29 is 0 Å². The van der Waals surface area contributed by atoms with E-state index in [-0.39, 0.29) is 0 Å². The fourth-order valence-electron chi connectivity index (χ4n) is 7.34. The Labute approximate surface area is 277 Å². The maximum Gasteiger partial charge on any atom is 0.0991 e. The van der Waals surface area contributed by atoms with Crippen LogP contribution in [0, 0.1) is 22.7 Å². The van der Waals surface area contributed by atoms with Crippen molar-refractivity contribution in [3.05, 3.63) is 169 Å². The number of rotatable bonds is 4. The van der Waals surface area contributed by atoms with E-state index in [1.54, 1.807) is 0 Å². The minimum atomic E-state index is 0.610. The van der Waals surface area contributed by atoms with Crippen LogP contribution < -0.4 is 0 Å². The largest absolute Gasteiger partial charge is 0.309 e. The van der Waals surface area contributed by atoms with Crippen LogP contribution in [0.1, 0.15) is 11.1 Å². The summed E-state index contributed by atoms with van der Waals surface area (Å²) in [5, 5.41) is 23.8. The van der Waals surface area contributed by atoms with E-state index in [0.717, 1.165) is 61.0 Å². The number of nitriles is 2. The van der Waals surface area contributed by atoms with Gasteiger partial charge in [0.05, 0.1) is 45.3 Å². The van der Waals surface area contributed by atoms with Crippen molar-refractivity contribution in [1.29, 1.82) is 10.5 Å². The molecule has 0 N–H and O–H groups in total. The van der Waals surface area contributed by atoms with E-state index >= 15 is 0 Å². The fourth-order valence-corrected chi connectivity index (χ4v) is 7.34. The maximum atomic E-state index is 9.80. The number of benzene rings is 7. The van der Waals surface area contributed by atoms with Gasteiger partial charge in [-0.3, -0.25) is 0 Å². The second kappa shape index (κ2) is 10.9. The van der Waals surface area contributed by atoms with E-state index in [1.807, 2.05) is 42.5 Å². The van der Waals surface area contributed by atoms with Gasteiger partial charge in [0.25, 0.3) is 0 Å². The lowest BCUT2D eigenvalue weighted by Gasteiger charge is -2.17. The molecule has 48 heavy (non-hydrogen) atoms. The fraction of sp³-hybridized carbons (Fsp3) is 0. The molecule has 9 aromatic rings. The van der Waals surface area contributed by atoms with Crippen molar-refractivity contribution in [2.45, 2.75) is 0 Å². The summed E-state index contributed by atoms with van der Waals surface area (Å²) in [7, 11) is 0. The van der Waals surface area contributed by atoms with Crippen molar-refractivity contribution in [2.24, 2.45) is 0 Å². The van der Waals surface area contributed by atoms with Gasteiger partial charge >= 0.3 is 0 Å². The average molecular weight is 611 g/mol. The van der Waals surface area contributed by atoms with Crippen molar-refractivity contribution in [3.8, 4) is 45.8 Å². The van der Waals surface area contributed by atoms with Crippen LogP contribution in [0.4, 0.5) is 0 Å². The number of hydrogen-bond donors (Lipinski definition) is 0. The number of fused-ring (bicyclic) bond motifs is 6. The first-order valence-electron chi connectivity index (χ1n) is 15.9. The van der Waals surface area contributed by atoms with Crippen LogP contribution in [-0.4, -0.2) is 9.13 Å². The molecular weight excluding hydrogens is 585 g/mol. The van der Waals surface area contributed by atoms with Gasteiger partial charge < -0.3 is 9.13 Å². The van der Waals surface area contributed by atoms with E-state index in [1.165, 1.54) is 16.3 Å². The lowest BCUT2D eigenvalue weighted by Crippen LogP contribution is -1.98. The highest BCUT2D eigenvalue weighted by Gasteiger charge is 2.21. The van der Waals surface area contributed by atoms with E-state index in [0.29, 0.717) is 11.1 Å². The molecule has 2 heterocycles. The molecule has 0 aliphatic carbocycles. The Morgan fingerprint density at radius 2 is 0.833 bits per heavy atom. The van der Waals surface area contributed by atoms with E-state index in [9.17, 15) is 10.5 Å². The zero-order valence-corrected chi connectivity index (χ0v) is 25.8. The molecule has 0 spiro atoms. The van der Waals surface area contributed by atoms with Crippen molar-refractivity contribution >= 4 is 43.6 Å². The zero-order valence-electron chi connectivity index (χ0n) is 25.8. The third kappa shape index (κ3) is 4.07. The monoisotopic (exact) mass is 610 g/mol. The summed E-state index contributed by atoms with van der Waals surface area (Å²) >= 11 is 0. The van der Waals surface area contributed by atoms with Crippen LogP contribution in [0.3, 0.4) is 0 Å². The molecule has 0 amide bonds. The Hall–Kier alpha value is -6.88. The molecular formula is C44H26N4. The number of nitrogens with zero attached hydrogens (tertiary/aromatic N) is 4. The molecule has 0 fully saturated rings. The van der Waals surface area contributed by atoms with Gasteiger partial charge in [0.1, 0.15) is 0 Å². The van der Waals surface area contributed by atoms with Gasteiger partial charge in [0.15, 0.2) is 0 Å². The van der Waals surface area contributed by atoms with E-state index in [2.05, 4.69) is 137 Å². The van der Waals surface area contributed by atoms with Crippen LogP contribution in [-0.2, 0) is 0 Å². The first kappa shape index (κ1) is 27.4. The normalized spacial score (nSPS) is 11.3. The predicted molar refractivity (Wildman–Crippen MR) is 195 cm³/mol. The van der Waals surface area contributed by atoms with Crippen LogP contribution in [0.25, 0.3) is 77.2 Å². The molecule has 0 atom stereocenters. The molecule has 0 saturated carbocycles. The second-order valence-corrected chi connectivity index (χ2v) is 12.0. The third-order valence-corrected chi connectivity index (χ3v) is 9.39. The van der Waals surface area contributed by atoms with Gasteiger partial charge in [-0.15, -0.1) is 0 Å². The standard InChI is InChI=1S/C44H26N4/c45-27-29-20-23-32(24-21-29)48-42-25-22-30(28-46)26-40(42)39-18-9-16-37(44(39)48)34-13-5-4-12-33(34)36-15-8-17-38-35-14-6-7-19-41(35)47(43(36)38)31-10-2-1-3-11-31/h1-26H. The molecule has 0 bridgehead atoms. The number of hydrogen-bond acceptors (Lipinski definition) is 2. The van der Waals surface area contributed by atoms with Crippen LogP contribution in [0.15, 0.2) is 158 Å². The smallest absolute Gasteiger partial charge is 0.0991 e. The summed E-state index contributed by atoms with van der Waals surface area (Å²) in [6, 6.07) is 59.1. The molecule has 9 rings (SSSR count). The Balaban J connectivity index is 1.39. The Morgan fingerprint density at radius 1 is 0.354 bits per heavy atom. The zero-order chi connectivity index (χ0) is 32.2. The summed E-state index contributed by atoms with van der Waals surface area (Å²) in [5.74, 6) is 0. The van der Waals surface area contributed by atoms with E-state index < -0.39 is 0 Å². The van der Waals surface area contributed by atoms with Gasteiger partial charge in [-0.2, -0.15) is 10.5 Å². The molecule has 0 saturated heterocycles. The van der Waals surface area contributed by atoms with Crippen molar-refractivity contribution in [2.75, 3.05) is 0 Å². The van der Waals surface area contributed by atoms with Crippen molar-refractivity contribution in [1.82, 2.24) is 9.13 Å². The topological polar surface area (TPSA) is 57.4 Å². The summed E-state index contributed by atoms with van der Waals surface area (Å²) < 4.78 is 4.65. The molecule has 0 aliphatic rings. The van der Waals surface area contributed by atoms with Crippen molar-refractivity contribution in [3.63, 3.8) is 0 Å². The SMILES string of the molecule is N#Cc1ccc(-n2c3ccc(C#N)cc3c3cccc(-c4ccccc4-c4cccc5c6ccccc6n(-c6ccccc6)c45)c32)cc1. The highest BCUT2D eigenvalue weighted by molar-refractivity contribution is 6.17. The Morgan fingerprint density at radius 3 is 1.48 bits per heavy atom. The van der Waals surface area contributed by atoms with Crippen LogP contribution in [0.2, 0.25) is 0 Å². The van der Waals surface area contributed by atoms with Gasteiger partial charge in [-0.1, -0.05) is 97.1 Å². The van der Waals surface area contributed by atoms with E-state index in [4.69, 9.17) is 0 Å². The minimum absolute atomic E-state index is 0.610. The second-order valence-electron chi connectivity index (χ2n) is 12.0. The lowest BCUT2D eigenvalue weighted by atomic mass is 9.92. The summed E-state index contributed by atoms with van der Waals surface area (Å²) in [6.45, 7) is 0. The first-order chi connectivity index (χ1) is 23.7. The maximum absolute atomic E-state index is 9.80. The van der Waals surface area contributed by atoms with Gasteiger partial charge in [-0.05, 0) is 71.8 Å². The van der Waals surface area contributed by atoms with Crippen LogP contribution in [0.5, 0.6) is 0 Å². The van der Waals surface area contributed by atoms with Gasteiger partial charge in [0, 0.05) is 44.0 Å². The Kier molecular flexibility index (Phi) is 6.22. The van der Waals surface area contributed by atoms with Gasteiger partial charge in [0.2, 0.25) is 0 Å². The summed E-state index contributed by atoms with van der Waals surface area (Å²) in [5.41, 5.74) is 12.2. The minimum Gasteiger partial charge on any atom is -0.309 e. The molecule has 0 aliphatic heterocycles. The number of aromatic nitrogens is 2. The summed E-state index contributed by atoms with van der Waals surface area (Å²) in [4.78, 5) is 0. The highest BCUT2D eigenvalue weighted by atomic mass is 15.0. The third-order valence-electron chi connectivity index (χ3n) is 9.39. The first-order valence-corrected chi connectivity index (χ1v) is 15.9. The average Bonchev–Trinajstić information content (AvgIpc) is 3.68. The number of para-hydroxylation sites is 4. The van der Waals surface area contributed by atoms with Gasteiger partial charge in [-0.25, -0.2) is 0 Å². The lowest BCUT2D eigenvalue weighted by molar-refractivity contribution is 1.18. The summed E-state index contributed by atoms with van der Waals surface area (Å²) in [6.07, 6.45) is 0. The Bertz CT molecular complexity index is 2790. The predicted octanol–water partition coefficient (Wildman–Crippen LogP) is 11.0. The quantitative estimate of drug-likeness (QED) is 0.199. The molecule has 2 aromatic heterocycles. The molecule has 0 radical (unpaired) electrons. The molecule has 0 unspecified atom stereocenters. The molecule has 4 nitrogen and oxygen atoms in total. The van der Waals surface area contributed by atoms with Crippen LogP contribution >= 0.6 is 0 Å². The highest BCUT2D eigenvalue weighted by Crippen LogP contribution is 2.44. The molecule has 7 aromatic carbocycles. The molecule has 222 valence electrons.